The molecule has 0 radical (unpaired) electrons. The number of pyridine rings is 1. The SMILES string of the molecule is C[C@@H](C(=O)Nc1ccc(Cl)cn1)N1CCNC(=O)C1. The molecule has 2 heterocycles. The second-order valence-corrected chi connectivity index (χ2v) is 4.78. The van der Waals surface area contributed by atoms with Gasteiger partial charge < -0.3 is 10.6 Å². The predicted molar refractivity (Wildman–Crippen MR) is 71.9 cm³/mol. The van der Waals surface area contributed by atoms with Gasteiger partial charge in [0.1, 0.15) is 5.82 Å². The van der Waals surface area contributed by atoms with Crippen LogP contribution in [0.3, 0.4) is 0 Å². The first-order valence-electron chi connectivity index (χ1n) is 5.99. The van der Waals surface area contributed by atoms with Gasteiger partial charge in [-0.1, -0.05) is 11.6 Å². The molecule has 2 N–H and O–H groups in total. The van der Waals surface area contributed by atoms with Gasteiger partial charge in [-0.25, -0.2) is 4.98 Å². The molecule has 19 heavy (non-hydrogen) atoms. The summed E-state index contributed by atoms with van der Waals surface area (Å²) in [5.74, 6) is 0.197. The van der Waals surface area contributed by atoms with E-state index in [2.05, 4.69) is 15.6 Å². The van der Waals surface area contributed by atoms with Crippen LogP contribution in [-0.2, 0) is 9.59 Å². The summed E-state index contributed by atoms with van der Waals surface area (Å²) >= 11 is 5.72. The lowest BCUT2D eigenvalue weighted by Crippen LogP contribution is -2.53. The molecule has 2 amide bonds. The highest BCUT2D eigenvalue weighted by Crippen LogP contribution is 2.11. The van der Waals surface area contributed by atoms with E-state index in [1.807, 2.05) is 4.90 Å². The minimum absolute atomic E-state index is 0.0597. The molecular weight excluding hydrogens is 268 g/mol. The lowest BCUT2D eigenvalue weighted by atomic mass is 10.2. The number of hydrogen-bond acceptors (Lipinski definition) is 4. The maximum absolute atomic E-state index is 12.0. The Kier molecular flexibility index (Phi) is 4.34. The summed E-state index contributed by atoms with van der Waals surface area (Å²) < 4.78 is 0. The highest BCUT2D eigenvalue weighted by molar-refractivity contribution is 6.30. The Hall–Kier alpha value is -1.66. The van der Waals surface area contributed by atoms with Crippen molar-refractivity contribution in [2.75, 3.05) is 25.0 Å². The Morgan fingerprint density at radius 1 is 1.58 bits per heavy atom. The van der Waals surface area contributed by atoms with Crippen LogP contribution < -0.4 is 10.6 Å². The molecule has 1 aromatic rings. The molecule has 1 aromatic heterocycles. The first-order chi connectivity index (χ1) is 9.06. The van der Waals surface area contributed by atoms with Gasteiger partial charge >= 0.3 is 0 Å². The molecule has 1 aliphatic rings. The summed E-state index contributed by atoms with van der Waals surface area (Å²) in [5, 5.41) is 5.93. The van der Waals surface area contributed by atoms with E-state index >= 15 is 0 Å². The van der Waals surface area contributed by atoms with Gasteiger partial charge in [0.2, 0.25) is 11.8 Å². The smallest absolute Gasteiger partial charge is 0.242 e. The van der Waals surface area contributed by atoms with Gasteiger partial charge in [-0.3, -0.25) is 14.5 Å². The number of nitrogens with zero attached hydrogens (tertiary/aromatic N) is 2. The first-order valence-corrected chi connectivity index (χ1v) is 6.37. The van der Waals surface area contributed by atoms with Crippen LogP contribution in [0.15, 0.2) is 18.3 Å². The molecule has 0 bridgehead atoms. The number of anilines is 1. The third-order valence-corrected chi connectivity index (χ3v) is 3.20. The van der Waals surface area contributed by atoms with E-state index in [-0.39, 0.29) is 24.4 Å². The molecular formula is C12H15ClN4O2. The molecule has 7 heteroatoms. The molecule has 0 spiro atoms. The number of rotatable bonds is 3. The highest BCUT2D eigenvalue weighted by atomic mass is 35.5. The van der Waals surface area contributed by atoms with Crippen LogP contribution in [0.4, 0.5) is 5.82 Å². The third kappa shape index (κ3) is 3.65. The molecule has 1 fully saturated rings. The maximum Gasteiger partial charge on any atom is 0.242 e. The van der Waals surface area contributed by atoms with Crippen molar-refractivity contribution in [1.29, 1.82) is 0 Å². The summed E-state index contributed by atoms with van der Waals surface area (Å²) in [7, 11) is 0. The minimum atomic E-state index is -0.386. The van der Waals surface area contributed by atoms with Crippen molar-refractivity contribution in [3.63, 3.8) is 0 Å². The van der Waals surface area contributed by atoms with E-state index in [4.69, 9.17) is 11.6 Å². The minimum Gasteiger partial charge on any atom is -0.354 e. The van der Waals surface area contributed by atoms with Gasteiger partial charge in [0, 0.05) is 19.3 Å². The molecule has 1 atom stereocenters. The molecule has 0 unspecified atom stereocenters. The molecule has 6 nitrogen and oxygen atoms in total. The predicted octanol–water partition coefficient (Wildman–Crippen LogP) is 0.494. The number of aromatic nitrogens is 1. The fourth-order valence-corrected chi connectivity index (χ4v) is 1.95. The summed E-state index contributed by atoms with van der Waals surface area (Å²) in [6.07, 6.45) is 1.47. The Morgan fingerprint density at radius 3 is 3.00 bits per heavy atom. The number of piperazine rings is 1. The quantitative estimate of drug-likeness (QED) is 0.846. The van der Waals surface area contributed by atoms with E-state index in [9.17, 15) is 9.59 Å². The van der Waals surface area contributed by atoms with E-state index in [1.165, 1.54) is 6.20 Å². The summed E-state index contributed by atoms with van der Waals surface area (Å²) in [5.41, 5.74) is 0. The Bertz CT molecular complexity index is 477. The second-order valence-electron chi connectivity index (χ2n) is 4.35. The number of carbonyl (C=O) groups is 2. The van der Waals surface area contributed by atoms with Crippen molar-refractivity contribution in [2.24, 2.45) is 0 Å². The zero-order chi connectivity index (χ0) is 13.8. The van der Waals surface area contributed by atoms with Gasteiger partial charge in [0.05, 0.1) is 17.6 Å². The molecule has 1 aliphatic heterocycles. The second kappa shape index (κ2) is 5.99. The Labute approximate surface area is 116 Å². The van der Waals surface area contributed by atoms with Gasteiger partial charge in [0.25, 0.3) is 0 Å². The first kappa shape index (κ1) is 13.8. The van der Waals surface area contributed by atoms with Crippen LogP contribution in [0.5, 0.6) is 0 Å². The summed E-state index contributed by atoms with van der Waals surface area (Å²) in [6, 6.07) is 2.91. The number of carbonyl (C=O) groups excluding carboxylic acids is 2. The van der Waals surface area contributed by atoms with Gasteiger partial charge in [-0.2, -0.15) is 0 Å². The van der Waals surface area contributed by atoms with Crippen molar-refractivity contribution < 1.29 is 9.59 Å². The Morgan fingerprint density at radius 2 is 2.37 bits per heavy atom. The fraction of sp³-hybridized carbons (Fsp3) is 0.417. The van der Waals surface area contributed by atoms with Gasteiger partial charge in [-0.05, 0) is 19.1 Å². The maximum atomic E-state index is 12.0. The van der Waals surface area contributed by atoms with Crippen molar-refractivity contribution in [2.45, 2.75) is 13.0 Å². The number of hydrogen-bond donors (Lipinski definition) is 2. The van der Waals surface area contributed by atoms with Crippen molar-refractivity contribution in [3.8, 4) is 0 Å². The molecule has 0 saturated carbocycles. The average Bonchev–Trinajstić information content (AvgIpc) is 2.40. The normalized spacial score (nSPS) is 17.7. The van der Waals surface area contributed by atoms with Crippen molar-refractivity contribution >= 4 is 29.2 Å². The lowest BCUT2D eigenvalue weighted by Gasteiger charge is -2.30. The van der Waals surface area contributed by atoms with Crippen LogP contribution in [-0.4, -0.2) is 47.4 Å². The zero-order valence-corrected chi connectivity index (χ0v) is 11.3. The largest absolute Gasteiger partial charge is 0.354 e. The van der Waals surface area contributed by atoms with Crippen LogP contribution in [0.25, 0.3) is 0 Å². The number of nitrogens with one attached hydrogen (secondary N) is 2. The monoisotopic (exact) mass is 282 g/mol. The van der Waals surface area contributed by atoms with Crippen LogP contribution >= 0.6 is 11.6 Å². The number of halogens is 1. The van der Waals surface area contributed by atoms with Crippen molar-refractivity contribution in [1.82, 2.24) is 15.2 Å². The van der Waals surface area contributed by atoms with Crippen LogP contribution in [0.2, 0.25) is 5.02 Å². The molecule has 2 rings (SSSR count). The molecule has 0 aromatic carbocycles. The zero-order valence-electron chi connectivity index (χ0n) is 10.5. The number of amides is 2. The molecule has 0 aliphatic carbocycles. The average molecular weight is 283 g/mol. The highest BCUT2D eigenvalue weighted by Gasteiger charge is 2.26. The standard InChI is InChI=1S/C12H15ClN4O2/c1-8(17-5-4-14-11(18)7-17)12(19)16-10-3-2-9(13)6-15-10/h2-3,6,8H,4-5,7H2,1H3,(H,14,18)(H,15,16,19)/t8-/m0/s1. The summed E-state index contributed by atoms with van der Waals surface area (Å²) in [6.45, 7) is 3.23. The Balaban J connectivity index is 1.95. The van der Waals surface area contributed by atoms with Gasteiger partial charge in [-0.15, -0.1) is 0 Å². The van der Waals surface area contributed by atoms with E-state index in [0.29, 0.717) is 23.9 Å². The lowest BCUT2D eigenvalue weighted by molar-refractivity contribution is -0.127. The topological polar surface area (TPSA) is 74.3 Å². The van der Waals surface area contributed by atoms with Crippen molar-refractivity contribution in [3.05, 3.63) is 23.4 Å². The van der Waals surface area contributed by atoms with Gasteiger partial charge in [0.15, 0.2) is 0 Å². The fourth-order valence-electron chi connectivity index (χ4n) is 1.84. The molecule has 102 valence electrons. The van der Waals surface area contributed by atoms with E-state index in [1.54, 1.807) is 19.1 Å². The van der Waals surface area contributed by atoms with Crippen LogP contribution in [0.1, 0.15) is 6.92 Å². The van der Waals surface area contributed by atoms with E-state index < -0.39 is 0 Å². The molecule has 1 saturated heterocycles. The summed E-state index contributed by atoms with van der Waals surface area (Å²) in [4.78, 5) is 29.2. The third-order valence-electron chi connectivity index (χ3n) is 2.97. The van der Waals surface area contributed by atoms with E-state index in [0.717, 1.165) is 0 Å². The van der Waals surface area contributed by atoms with Crippen LogP contribution in [0, 0.1) is 0 Å².